The summed E-state index contributed by atoms with van der Waals surface area (Å²) in [5, 5.41) is 8.37. The van der Waals surface area contributed by atoms with Crippen LogP contribution >= 0.6 is 0 Å². The van der Waals surface area contributed by atoms with E-state index in [-0.39, 0.29) is 0 Å². The van der Waals surface area contributed by atoms with E-state index in [1.807, 2.05) is 4.68 Å². The third-order valence-electron chi connectivity index (χ3n) is 4.29. The number of rotatable bonds is 6. The number of aryl methyl sites for hydroxylation is 1. The van der Waals surface area contributed by atoms with Gasteiger partial charge >= 0.3 is 0 Å². The van der Waals surface area contributed by atoms with Gasteiger partial charge in [0.05, 0.1) is 12.5 Å². The van der Waals surface area contributed by atoms with E-state index in [2.05, 4.69) is 45.9 Å². The molecule has 2 aromatic heterocycles. The van der Waals surface area contributed by atoms with Gasteiger partial charge in [-0.05, 0) is 32.2 Å². The first-order chi connectivity index (χ1) is 11.2. The maximum Gasteiger partial charge on any atom is 0.231 e. The molecule has 7 heteroatoms. The summed E-state index contributed by atoms with van der Waals surface area (Å²) in [5.41, 5.74) is 0. The van der Waals surface area contributed by atoms with Gasteiger partial charge in [0.15, 0.2) is 5.82 Å². The zero-order valence-electron chi connectivity index (χ0n) is 14.3. The lowest BCUT2D eigenvalue weighted by Crippen LogP contribution is -2.35. The third-order valence-corrected chi connectivity index (χ3v) is 4.29. The average molecular weight is 318 g/mol. The summed E-state index contributed by atoms with van der Waals surface area (Å²) in [4.78, 5) is 11.4. The minimum Gasteiger partial charge on any atom is -0.339 e. The Labute approximate surface area is 137 Å². The zero-order chi connectivity index (χ0) is 16.2. The Balaban J connectivity index is 1.62. The second kappa shape index (κ2) is 7.21. The number of likely N-dealkylation sites (tertiary alicyclic amines) is 1. The highest BCUT2D eigenvalue weighted by molar-refractivity contribution is 4.98. The van der Waals surface area contributed by atoms with Crippen molar-refractivity contribution in [3.8, 4) is 0 Å². The maximum absolute atomic E-state index is 5.51. The SMILES string of the molecule is CCn1ncnc1CN1CCC[C@H](c2nc(CC(C)C)no2)C1. The van der Waals surface area contributed by atoms with Crippen molar-refractivity contribution in [2.24, 2.45) is 5.92 Å². The van der Waals surface area contributed by atoms with Crippen molar-refractivity contribution >= 4 is 0 Å². The van der Waals surface area contributed by atoms with E-state index < -0.39 is 0 Å². The molecule has 0 spiro atoms. The Kier molecular flexibility index (Phi) is 5.05. The number of piperidine rings is 1. The van der Waals surface area contributed by atoms with Crippen molar-refractivity contribution in [3.05, 3.63) is 23.9 Å². The minimum absolute atomic E-state index is 0.329. The van der Waals surface area contributed by atoms with E-state index in [1.54, 1.807) is 6.33 Å². The highest BCUT2D eigenvalue weighted by Crippen LogP contribution is 2.26. The largest absolute Gasteiger partial charge is 0.339 e. The molecule has 0 aliphatic carbocycles. The van der Waals surface area contributed by atoms with Crippen molar-refractivity contribution in [2.45, 2.75) is 59.0 Å². The first kappa shape index (κ1) is 16.1. The normalized spacial score (nSPS) is 19.6. The van der Waals surface area contributed by atoms with Gasteiger partial charge < -0.3 is 4.52 Å². The quantitative estimate of drug-likeness (QED) is 0.813. The van der Waals surface area contributed by atoms with Crippen molar-refractivity contribution in [1.29, 1.82) is 0 Å². The lowest BCUT2D eigenvalue weighted by molar-refractivity contribution is 0.174. The van der Waals surface area contributed by atoms with Gasteiger partial charge in [-0.15, -0.1) is 0 Å². The number of hydrogen-bond donors (Lipinski definition) is 0. The van der Waals surface area contributed by atoms with Crippen molar-refractivity contribution in [1.82, 2.24) is 29.8 Å². The van der Waals surface area contributed by atoms with Gasteiger partial charge in [0, 0.05) is 19.5 Å². The molecule has 0 bridgehead atoms. The summed E-state index contributed by atoms with van der Waals surface area (Å²) in [5.74, 6) is 3.53. The predicted octanol–water partition coefficient (Wildman–Crippen LogP) is 2.26. The van der Waals surface area contributed by atoms with E-state index in [4.69, 9.17) is 4.52 Å². The molecule has 1 saturated heterocycles. The van der Waals surface area contributed by atoms with Crippen LogP contribution < -0.4 is 0 Å². The third kappa shape index (κ3) is 3.96. The molecule has 3 heterocycles. The molecule has 7 nitrogen and oxygen atoms in total. The molecule has 3 rings (SSSR count). The highest BCUT2D eigenvalue weighted by Gasteiger charge is 2.26. The van der Waals surface area contributed by atoms with E-state index in [0.29, 0.717) is 11.8 Å². The summed E-state index contributed by atoms with van der Waals surface area (Å²) in [7, 11) is 0. The van der Waals surface area contributed by atoms with Crippen LogP contribution in [0.3, 0.4) is 0 Å². The van der Waals surface area contributed by atoms with Crippen LogP contribution in [0.2, 0.25) is 0 Å². The molecule has 23 heavy (non-hydrogen) atoms. The fourth-order valence-electron chi connectivity index (χ4n) is 3.16. The summed E-state index contributed by atoms with van der Waals surface area (Å²) < 4.78 is 7.47. The standard InChI is InChI=1S/C16H26N6O/c1-4-22-15(17-11-18-22)10-21-7-5-6-13(9-21)16-19-14(20-23-16)8-12(2)3/h11-13H,4-10H2,1-3H3/t13-/m0/s1. The molecule has 1 aliphatic heterocycles. The van der Waals surface area contributed by atoms with Crippen molar-refractivity contribution in [3.63, 3.8) is 0 Å². The van der Waals surface area contributed by atoms with Crippen molar-refractivity contribution < 1.29 is 4.52 Å². The topological polar surface area (TPSA) is 72.9 Å². The van der Waals surface area contributed by atoms with Crippen LogP contribution in [-0.4, -0.2) is 42.9 Å². The Morgan fingerprint density at radius 3 is 3.04 bits per heavy atom. The Bertz CT molecular complexity index is 620. The summed E-state index contributed by atoms with van der Waals surface area (Å²) in [6.07, 6.45) is 4.77. The molecule has 0 unspecified atom stereocenters. The highest BCUT2D eigenvalue weighted by atomic mass is 16.5. The molecule has 0 amide bonds. The molecule has 0 saturated carbocycles. The van der Waals surface area contributed by atoms with Gasteiger partial charge in [-0.3, -0.25) is 4.90 Å². The molecule has 0 radical (unpaired) electrons. The molecular formula is C16H26N6O. The maximum atomic E-state index is 5.51. The van der Waals surface area contributed by atoms with Crippen LogP contribution in [0, 0.1) is 5.92 Å². The van der Waals surface area contributed by atoms with Crippen molar-refractivity contribution in [2.75, 3.05) is 13.1 Å². The first-order valence-corrected chi connectivity index (χ1v) is 8.57. The fraction of sp³-hybridized carbons (Fsp3) is 0.750. The van der Waals surface area contributed by atoms with Crippen LogP contribution in [0.1, 0.15) is 57.1 Å². The molecule has 1 aliphatic rings. The second-order valence-corrected chi connectivity index (χ2v) is 6.71. The monoisotopic (exact) mass is 318 g/mol. The molecule has 126 valence electrons. The fourth-order valence-corrected chi connectivity index (χ4v) is 3.16. The van der Waals surface area contributed by atoms with E-state index in [0.717, 1.165) is 63.0 Å². The molecule has 0 aromatic carbocycles. The van der Waals surface area contributed by atoms with Crippen LogP contribution in [0.25, 0.3) is 0 Å². The van der Waals surface area contributed by atoms with Gasteiger partial charge in [0.2, 0.25) is 5.89 Å². The number of aromatic nitrogens is 5. The summed E-state index contributed by atoms with van der Waals surface area (Å²) >= 11 is 0. The number of hydrogen-bond acceptors (Lipinski definition) is 6. The van der Waals surface area contributed by atoms with Gasteiger partial charge in [0.1, 0.15) is 12.2 Å². The molecule has 2 aromatic rings. The van der Waals surface area contributed by atoms with Crippen LogP contribution in [0.15, 0.2) is 10.9 Å². The second-order valence-electron chi connectivity index (χ2n) is 6.71. The van der Waals surface area contributed by atoms with Crippen LogP contribution in [0.5, 0.6) is 0 Å². The van der Waals surface area contributed by atoms with E-state index >= 15 is 0 Å². The molecular weight excluding hydrogens is 292 g/mol. The smallest absolute Gasteiger partial charge is 0.231 e. The predicted molar refractivity (Wildman–Crippen MR) is 85.8 cm³/mol. The van der Waals surface area contributed by atoms with Crippen LogP contribution in [0.4, 0.5) is 0 Å². The molecule has 1 atom stereocenters. The van der Waals surface area contributed by atoms with E-state index in [1.165, 1.54) is 0 Å². The van der Waals surface area contributed by atoms with Gasteiger partial charge in [-0.1, -0.05) is 19.0 Å². The van der Waals surface area contributed by atoms with Crippen LogP contribution in [-0.2, 0) is 19.5 Å². The van der Waals surface area contributed by atoms with Gasteiger partial charge in [-0.25, -0.2) is 9.67 Å². The van der Waals surface area contributed by atoms with Gasteiger partial charge in [-0.2, -0.15) is 10.1 Å². The summed E-state index contributed by atoms with van der Waals surface area (Å²) in [6.45, 7) is 10.1. The Morgan fingerprint density at radius 2 is 2.26 bits per heavy atom. The Hall–Kier alpha value is -1.76. The lowest BCUT2D eigenvalue weighted by Gasteiger charge is -2.30. The summed E-state index contributed by atoms with van der Waals surface area (Å²) in [6, 6.07) is 0. The minimum atomic E-state index is 0.329. The van der Waals surface area contributed by atoms with Gasteiger partial charge in [0.25, 0.3) is 0 Å². The first-order valence-electron chi connectivity index (χ1n) is 8.57. The molecule has 1 fully saturated rings. The lowest BCUT2D eigenvalue weighted by atomic mass is 9.98. The van der Waals surface area contributed by atoms with E-state index in [9.17, 15) is 0 Å². The Morgan fingerprint density at radius 1 is 1.39 bits per heavy atom. The zero-order valence-corrected chi connectivity index (χ0v) is 14.3. The molecule has 0 N–H and O–H groups in total. The number of nitrogens with zero attached hydrogens (tertiary/aromatic N) is 6. The average Bonchev–Trinajstić information content (AvgIpc) is 3.16.